The Balaban J connectivity index is 1.97. The average Bonchev–Trinajstić information content (AvgIpc) is 2.28. The van der Waals surface area contributed by atoms with E-state index in [2.05, 4.69) is 31.1 Å². The van der Waals surface area contributed by atoms with Crippen LogP contribution in [0, 0.1) is 0 Å². The Morgan fingerprint density at radius 3 is 2.78 bits per heavy atom. The third kappa shape index (κ3) is 3.60. The Kier molecular flexibility index (Phi) is 4.42. The normalized spacial score (nSPS) is 27.8. The summed E-state index contributed by atoms with van der Waals surface area (Å²) in [6, 6.07) is 3.86. The predicted octanol–water partition coefficient (Wildman–Crippen LogP) is 2.85. The van der Waals surface area contributed by atoms with E-state index in [1.807, 2.05) is 12.1 Å². The minimum atomic E-state index is 0.237. The fraction of sp³-hybridized carbons (Fsp3) is 0.643. The van der Waals surface area contributed by atoms with Gasteiger partial charge in [-0.25, -0.2) is 4.98 Å². The van der Waals surface area contributed by atoms with E-state index in [0.717, 1.165) is 31.0 Å². The van der Waals surface area contributed by atoms with Crippen molar-refractivity contribution in [1.29, 1.82) is 0 Å². The Morgan fingerprint density at radius 2 is 2.11 bits per heavy atom. The number of pyridine rings is 1. The number of anilines is 1. The summed E-state index contributed by atoms with van der Waals surface area (Å²) in [5, 5.41) is 3.19. The van der Waals surface area contributed by atoms with E-state index >= 15 is 0 Å². The van der Waals surface area contributed by atoms with E-state index in [1.54, 1.807) is 6.20 Å². The molecule has 18 heavy (non-hydrogen) atoms. The van der Waals surface area contributed by atoms with Crippen LogP contribution in [0.15, 0.2) is 18.3 Å². The molecule has 4 nitrogen and oxygen atoms in total. The first-order valence-corrected chi connectivity index (χ1v) is 6.69. The van der Waals surface area contributed by atoms with Gasteiger partial charge in [-0.05, 0) is 26.8 Å². The minimum Gasteiger partial charge on any atom is -0.490 e. The van der Waals surface area contributed by atoms with E-state index in [-0.39, 0.29) is 18.3 Å². The van der Waals surface area contributed by atoms with Crippen molar-refractivity contribution in [2.24, 2.45) is 0 Å². The van der Waals surface area contributed by atoms with Crippen LogP contribution in [0.5, 0.6) is 5.75 Å². The average molecular weight is 250 g/mol. The van der Waals surface area contributed by atoms with Crippen molar-refractivity contribution in [2.75, 3.05) is 11.9 Å². The van der Waals surface area contributed by atoms with Gasteiger partial charge in [-0.1, -0.05) is 0 Å². The molecular formula is C14H22N2O2. The van der Waals surface area contributed by atoms with Gasteiger partial charge in [0, 0.05) is 31.6 Å². The third-order valence-corrected chi connectivity index (χ3v) is 3.05. The fourth-order valence-corrected chi connectivity index (χ4v) is 2.40. The first kappa shape index (κ1) is 13.1. The Hall–Kier alpha value is -1.29. The van der Waals surface area contributed by atoms with Crippen LogP contribution in [0.3, 0.4) is 0 Å². The highest BCUT2D eigenvalue weighted by atomic mass is 16.5. The summed E-state index contributed by atoms with van der Waals surface area (Å²) in [6.45, 7) is 7.12. The van der Waals surface area contributed by atoms with Crippen molar-refractivity contribution in [1.82, 2.24) is 4.98 Å². The summed E-state index contributed by atoms with van der Waals surface area (Å²) in [7, 11) is 0. The highest BCUT2D eigenvalue weighted by Crippen LogP contribution is 2.24. The largest absolute Gasteiger partial charge is 0.490 e. The lowest BCUT2D eigenvalue weighted by molar-refractivity contribution is -0.0721. The van der Waals surface area contributed by atoms with Gasteiger partial charge >= 0.3 is 0 Å². The zero-order chi connectivity index (χ0) is 13.0. The van der Waals surface area contributed by atoms with Crippen molar-refractivity contribution >= 4 is 5.82 Å². The highest BCUT2D eigenvalue weighted by molar-refractivity contribution is 5.40. The topological polar surface area (TPSA) is 43.4 Å². The van der Waals surface area contributed by atoms with Gasteiger partial charge in [0.1, 0.15) is 17.7 Å². The number of nitrogens with one attached hydrogen (secondary N) is 1. The van der Waals surface area contributed by atoms with Crippen molar-refractivity contribution in [3.05, 3.63) is 18.3 Å². The molecular weight excluding hydrogens is 228 g/mol. The molecule has 2 rings (SSSR count). The van der Waals surface area contributed by atoms with Gasteiger partial charge in [0.2, 0.25) is 0 Å². The first-order valence-electron chi connectivity index (χ1n) is 6.69. The van der Waals surface area contributed by atoms with Crippen LogP contribution >= 0.6 is 0 Å². The lowest BCUT2D eigenvalue weighted by Crippen LogP contribution is -2.35. The monoisotopic (exact) mass is 250 g/mol. The molecule has 1 N–H and O–H groups in total. The van der Waals surface area contributed by atoms with Crippen molar-refractivity contribution in [2.45, 2.75) is 51.9 Å². The van der Waals surface area contributed by atoms with Crippen LogP contribution in [0.2, 0.25) is 0 Å². The lowest BCUT2D eigenvalue weighted by Gasteiger charge is -2.32. The van der Waals surface area contributed by atoms with Crippen LogP contribution in [-0.2, 0) is 4.74 Å². The molecule has 2 heterocycles. The van der Waals surface area contributed by atoms with Gasteiger partial charge in [0.25, 0.3) is 0 Å². The van der Waals surface area contributed by atoms with Crippen LogP contribution in [-0.4, -0.2) is 29.8 Å². The van der Waals surface area contributed by atoms with E-state index in [0.29, 0.717) is 0 Å². The first-order chi connectivity index (χ1) is 8.67. The third-order valence-electron chi connectivity index (χ3n) is 3.05. The molecule has 1 saturated heterocycles. The Labute approximate surface area is 109 Å². The molecule has 1 aromatic heterocycles. The molecule has 0 radical (unpaired) electrons. The number of aromatic nitrogens is 1. The van der Waals surface area contributed by atoms with Crippen molar-refractivity contribution in [3.8, 4) is 5.75 Å². The Morgan fingerprint density at radius 1 is 1.39 bits per heavy atom. The van der Waals surface area contributed by atoms with Gasteiger partial charge in [-0.15, -0.1) is 0 Å². The maximum absolute atomic E-state index is 6.02. The number of rotatable bonds is 4. The SMILES string of the molecule is CCNc1cc(OC2CC(C)OC(C)C2)ccn1. The van der Waals surface area contributed by atoms with E-state index in [1.165, 1.54) is 0 Å². The predicted molar refractivity (Wildman–Crippen MR) is 72.1 cm³/mol. The van der Waals surface area contributed by atoms with E-state index in [4.69, 9.17) is 9.47 Å². The number of nitrogens with zero attached hydrogens (tertiary/aromatic N) is 1. The molecule has 0 spiro atoms. The molecule has 0 bridgehead atoms. The second kappa shape index (κ2) is 6.05. The van der Waals surface area contributed by atoms with Crippen LogP contribution in [0.4, 0.5) is 5.82 Å². The quantitative estimate of drug-likeness (QED) is 0.892. The standard InChI is InChI=1S/C14H22N2O2/c1-4-15-14-9-12(5-6-16-14)18-13-7-10(2)17-11(3)8-13/h5-6,9-11,13H,4,7-8H2,1-3H3,(H,15,16). The lowest BCUT2D eigenvalue weighted by atomic mass is 10.0. The second-order valence-electron chi connectivity index (χ2n) is 4.88. The smallest absolute Gasteiger partial charge is 0.129 e. The van der Waals surface area contributed by atoms with Gasteiger partial charge < -0.3 is 14.8 Å². The summed E-state index contributed by atoms with van der Waals surface area (Å²) in [5.74, 6) is 1.75. The molecule has 4 heteroatoms. The number of ether oxygens (including phenoxy) is 2. The van der Waals surface area contributed by atoms with Gasteiger partial charge in [-0.2, -0.15) is 0 Å². The van der Waals surface area contributed by atoms with Gasteiger partial charge in [0.05, 0.1) is 12.2 Å². The number of hydrogen-bond acceptors (Lipinski definition) is 4. The molecule has 1 aliphatic rings. The minimum absolute atomic E-state index is 0.237. The van der Waals surface area contributed by atoms with Gasteiger partial charge in [-0.3, -0.25) is 0 Å². The van der Waals surface area contributed by atoms with Crippen LogP contribution < -0.4 is 10.1 Å². The summed E-state index contributed by atoms with van der Waals surface area (Å²) in [4.78, 5) is 4.24. The molecule has 1 aromatic rings. The van der Waals surface area contributed by atoms with E-state index < -0.39 is 0 Å². The summed E-state index contributed by atoms with van der Waals surface area (Å²) in [6.07, 6.45) is 4.45. The zero-order valence-electron chi connectivity index (χ0n) is 11.3. The fourth-order valence-electron chi connectivity index (χ4n) is 2.40. The molecule has 2 atom stereocenters. The summed E-state index contributed by atoms with van der Waals surface area (Å²) >= 11 is 0. The molecule has 1 aliphatic heterocycles. The van der Waals surface area contributed by atoms with Crippen molar-refractivity contribution < 1.29 is 9.47 Å². The molecule has 0 amide bonds. The van der Waals surface area contributed by atoms with Gasteiger partial charge in [0.15, 0.2) is 0 Å². The molecule has 0 aliphatic carbocycles. The summed E-state index contributed by atoms with van der Waals surface area (Å²) in [5.41, 5.74) is 0. The molecule has 0 aromatic carbocycles. The van der Waals surface area contributed by atoms with Crippen LogP contribution in [0.1, 0.15) is 33.6 Å². The molecule has 2 unspecified atom stereocenters. The Bertz CT molecular complexity index is 374. The maximum atomic E-state index is 6.02. The summed E-state index contributed by atoms with van der Waals surface area (Å²) < 4.78 is 11.7. The van der Waals surface area contributed by atoms with Crippen LogP contribution in [0.25, 0.3) is 0 Å². The highest BCUT2D eigenvalue weighted by Gasteiger charge is 2.25. The molecule has 0 saturated carbocycles. The number of hydrogen-bond donors (Lipinski definition) is 1. The van der Waals surface area contributed by atoms with Crippen molar-refractivity contribution in [3.63, 3.8) is 0 Å². The van der Waals surface area contributed by atoms with E-state index in [9.17, 15) is 0 Å². The molecule has 100 valence electrons. The zero-order valence-corrected chi connectivity index (χ0v) is 11.3. The molecule has 1 fully saturated rings. The second-order valence-corrected chi connectivity index (χ2v) is 4.88. The maximum Gasteiger partial charge on any atom is 0.129 e.